The van der Waals surface area contributed by atoms with Crippen molar-refractivity contribution >= 4 is 40.4 Å². The Bertz CT molecular complexity index is 1170. The van der Waals surface area contributed by atoms with E-state index in [1.807, 2.05) is 6.92 Å². The molecule has 2 aliphatic rings. The Labute approximate surface area is 173 Å². The minimum Gasteiger partial charge on any atom is -0.382 e. The summed E-state index contributed by atoms with van der Waals surface area (Å²) in [5.41, 5.74) is 5.63. The summed E-state index contributed by atoms with van der Waals surface area (Å²) in [4.78, 5) is 48.2. The van der Waals surface area contributed by atoms with E-state index in [9.17, 15) is 23.5 Å². The van der Waals surface area contributed by atoms with Crippen LogP contribution in [0.1, 0.15) is 19.6 Å². The Morgan fingerprint density at radius 2 is 1.90 bits per heavy atom. The monoisotopic (exact) mass is 501 g/mol. The number of nitrogens with zero attached hydrogens (tertiary/aromatic N) is 4. The molecule has 2 aromatic heterocycles. The number of phosphoric ester groups is 1. The quantitative estimate of drug-likeness (QED) is 0.312. The lowest BCUT2D eigenvalue weighted by atomic mass is 10.0. The highest BCUT2D eigenvalue weighted by Gasteiger charge is 2.67. The molecule has 4 rings (SSSR count). The van der Waals surface area contributed by atoms with E-state index in [2.05, 4.69) is 23.6 Å². The molecule has 1 saturated heterocycles. The highest BCUT2D eigenvalue weighted by molar-refractivity contribution is 7.66. The van der Waals surface area contributed by atoms with Gasteiger partial charge in [0.15, 0.2) is 11.5 Å². The van der Waals surface area contributed by atoms with Gasteiger partial charge in [-0.05, 0) is 12.3 Å². The van der Waals surface area contributed by atoms with E-state index in [4.69, 9.17) is 24.8 Å². The number of nitrogen functional groups attached to an aromatic ring is 1. The Morgan fingerprint density at radius 3 is 2.58 bits per heavy atom. The van der Waals surface area contributed by atoms with Crippen LogP contribution in [0.15, 0.2) is 12.7 Å². The van der Waals surface area contributed by atoms with Crippen molar-refractivity contribution in [1.29, 1.82) is 0 Å². The van der Waals surface area contributed by atoms with Gasteiger partial charge in [-0.1, -0.05) is 6.92 Å². The Kier molecular flexibility index (Phi) is 5.44. The highest BCUT2D eigenvalue weighted by Crippen LogP contribution is 2.68. The zero-order valence-corrected chi connectivity index (χ0v) is 18.3. The topological polar surface area (TPSA) is 239 Å². The second-order valence-electron chi connectivity index (χ2n) is 7.19. The molecule has 0 spiro atoms. The first kappa shape index (κ1) is 22.9. The lowest BCUT2D eigenvalue weighted by Crippen LogP contribution is -2.23. The van der Waals surface area contributed by atoms with E-state index in [0.717, 1.165) is 0 Å². The van der Waals surface area contributed by atoms with Crippen LogP contribution in [0.5, 0.6) is 0 Å². The van der Waals surface area contributed by atoms with E-state index in [0.29, 0.717) is 17.6 Å². The standard InChI is InChI=1S/C12H18N5O11P3/c1-6-7-2-12(7,3-25-30(21,22)28-31(23,24)27-29(18,19)20)26-11(6)17-5-16-8-9(13)14-4-15-10(8)17/h4-7,11H,2-3H2,1H3,(H,21,22)(H,23,24)(H2,13,14,15)(H2,18,19,20). The second kappa shape index (κ2) is 7.37. The first-order valence-corrected chi connectivity index (χ1v) is 13.1. The molecule has 172 valence electrons. The molecule has 6 atom stereocenters. The summed E-state index contributed by atoms with van der Waals surface area (Å²) in [6.45, 7) is 1.40. The number of fused-ring (bicyclic) bond motifs is 2. The number of imidazole rings is 1. The molecule has 1 saturated carbocycles. The van der Waals surface area contributed by atoms with E-state index < -0.39 is 41.9 Å². The lowest BCUT2D eigenvalue weighted by molar-refractivity contribution is -0.0681. The van der Waals surface area contributed by atoms with Gasteiger partial charge in [-0.25, -0.2) is 28.6 Å². The summed E-state index contributed by atoms with van der Waals surface area (Å²) in [6.07, 6.45) is 2.69. The van der Waals surface area contributed by atoms with Crippen LogP contribution in [-0.4, -0.2) is 51.3 Å². The van der Waals surface area contributed by atoms with Crippen molar-refractivity contribution in [2.45, 2.75) is 25.2 Å². The van der Waals surface area contributed by atoms with Crippen LogP contribution in [0.4, 0.5) is 5.82 Å². The third kappa shape index (κ3) is 4.61. The van der Waals surface area contributed by atoms with Gasteiger partial charge in [-0.15, -0.1) is 0 Å². The zero-order chi connectivity index (χ0) is 22.8. The fraction of sp³-hybridized carbons (Fsp3) is 0.583. The van der Waals surface area contributed by atoms with Crippen molar-refractivity contribution in [3.63, 3.8) is 0 Å². The number of rotatable bonds is 8. The Hall–Kier alpha value is -1.28. The maximum absolute atomic E-state index is 12.0. The molecule has 0 amide bonds. The van der Waals surface area contributed by atoms with Crippen molar-refractivity contribution in [3.05, 3.63) is 12.7 Å². The summed E-state index contributed by atoms with van der Waals surface area (Å²) in [5, 5.41) is 0. The zero-order valence-electron chi connectivity index (χ0n) is 15.7. The smallest absolute Gasteiger partial charge is 0.382 e. The van der Waals surface area contributed by atoms with Gasteiger partial charge in [0.2, 0.25) is 0 Å². The second-order valence-corrected chi connectivity index (χ2v) is 11.6. The maximum atomic E-state index is 12.0. The van der Waals surface area contributed by atoms with Gasteiger partial charge in [0, 0.05) is 5.92 Å². The maximum Gasteiger partial charge on any atom is 0.490 e. The first-order chi connectivity index (χ1) is 14.2. The minimum atomic E-state index is -5.58. The number of phosphoric acid groups is 3. The van der Waals surface area contributed by atoms with Crippen molar-refractivity contribution in [1.82, 2.24) is 19.5 Å². The SMILES string of the molecule is CC1C(n2cnc3c(N)ncnc32)OC2(COP(=O)(O)OP(=O)(O)OP(=O)(O)O)CC12. The van der Waals surface area contributed by atoms with E-state index in [1.54, 1.807) is 4.57 Å². The third-order valence-electron chi connectivity index (χ3n) is 5.07. The van der Waals surface area contributed by atoms with Crippen LogP contribution in [0.2, 0.25) is 0 Å². The van der Waals surface area contributed by atoms with Crippen LogP contribution >= 0.6 is 23.5 Å². The van der Waals surface area contributed by atoms with Crippen molar-refractivity contribution < 1.29 is 51.2 Å². The molecule has 0 bridgehead atoms. The number of ether oxygens (including phenoxy) is 1. The number of nitrogens with two attached hydrogens (primary N) is 1. The summed E-state index contributed by atoms with van der Waals surface area (Å²) in [5.74, 6) is 0.0291. The number of aromatic nitrogens is 4. The molecule has 19 heteroatoms. The lowest BCUT2D eigenvalue weighted by Gasteiger charge is -2.23. The Morgan fingerprint density at radius 1 is 1.19 bits per heavy atom. The highest BCUT2D eigenvalue weighted by atomic mass is 31.3. The molecular formula is C12H18N5O11P3. The van der Waals surface area contributed by atoms with E-state index in [1.165, 1.54) is 12.7 Å². The average Bonchev–Trinajstić information content (AvgIpc) is 3.02. The van der Waals surface area contributed by atoms with Crippen LogP contribution < -0.4 is 5.73 Å². The summed E-state index contributed by atoms with van der Waals surface area (Å²) < 4.78 is 54.0. The van der Waals surface area contributed by atoms with Gasteiger partial charge >= 0.3 is 23.5 Å². The molecular weight excluding hydrogens is 483 g/mol. The molecule has 3 heterocycles. The minimum absolute atomic E-state index is 0.0820. The van der Waals surface area contributed by atoms with Crippen LogP contribution in [0.25, 0.3) is 11.2 Å². The fourth-order valence-corrected chi connectivity index (χ4v) is 6.80. The van der Waals surface area contributed by atoms with Gasteiger partial charge in [0.25, 0.3) is 0 Å². The molecule has 6 N–H and O–H groups in total. The predicted octanol–water partition coefficient (Wildman–Crippen LogP) is 0.675. The average molecular weight is 501 g/mol. The summed E-state index contributed by atoms with van der Waals surface area (Å²) >= 11 is 0. The van der Waals surface area contributed by atoms with Crippen LogP contribution in [0.3, 0.4) is 0 Å². The Balaban J connectivity index is 1.45. The van der Waals surface area contributed by atoms with E-state index >= 15 is 0 Å². The molecule has 1 aliphatic carbocycles. The molecule has 2 aromatic rings. The number of hydrogen-bond acceptors (Lipinski definition) is 11. The predicted molar refractivity (Wildman–Crippen MR) is 99.7 cm³/mol. The molecule has 0 aromatic carbocycles. The molecule has 31 heavy (non-hydrogen) atoms. The first-order valence-electron chi connectivity index (χ1n) is 8.61. The van der Waals surface area contributed by atoms with Crippen LogP contribution in [0, 0.1) is 11.8 Å². The van der Waals surface area contributed by atoms with Gasteiger partial charge in [-0.3, -0.25) is 9.09 Å². The van der Waals surface area contributed by atoms with Gasteiger partial charge < -0.3 is 30.0 Å². The summed E-state index contributed by atoms with van der Waals surface area (Å²) in [6, 6.07) is 0. The van der Waals surface area contributed by atoms with Gasteiger partial charge in [0.1, 0.15) is 18.1 Å². The van der Waals surface area contributed by atoms with Gasteiger partial charge in [0.05, 0.1) is 18.5 Å². The molecule has 6 unspecified atom stereocenters. The number of hydrogen-bond donors (Lipinski definition) is 5. The number of anilines is 1. The third-order valence-corrected chi connectivity index (χ3v) is 8.85. The van der Waals surface area contributed by atoms with Crippen molar-refractivity contribution in [2.75, 3.05) is 12.3 Å². The molecule has 2 fully saturated rings. The fourth-order valence-electron chi connectivity index (χ4n) is 3.72. The van der Waals surface area contributed by atoms with Crippen LogP contribution in [-0.2, 0) is 31.6 Å². The van der Waals surface area contributed by atoms with Gasteiger partial charge in [-0.2, -0.15) is 8.62 Å². The van der Waals surface area contributed by atoms with E-state index in [-0.39, 0.29) is 17.7 Å². The van der Waals surface area contributed by atoms with Crippen molar-refractivity contribution in [2.24, 2.45) is 11.8 Å². The normalized spacial score (nSPS) is 31.8. The molecule has 0 radical (unpaired) electrons. The summed E-state index contributed by atoms with van der Waals surface area (Å²) in [7, 11) is -16.3. The molecule has 1 aliphatic heterocycles. The molecule has 16 nitrogen and oxygen atoms in total. The largest absolute Gasteiger partial charge is 0.490 e. The van der Waals surface area contributed by atoms with Crippen molar-refractivity contribution in [3.8, 4) is 0 Å².